The van der Waals surface area contributed by atoms with Crippen LogP contribution in [0.1, 0.15) is 19.8 Å². The third-order valence-corrected chi connectivity index (χ3v) is 3.70. The zero-order valence-corrected chi connectivity index (χ0v) is 11.3. The summed E-state index contributed by atoms with van der Waals surface area (Å²) in [6.07, 6.45) is 2.37. The van der Waals surface area contributed by atoms with E-state index in [0.717, 1.165) is 16.5 Å². The number of hydrogen-bond acceptors (Lipinski definition) is 4. The van der Waals surface area contributed by atoms with Crippen molar-refractivity contribution >= 4 is 35.2 Å². The zero-order chi connectivity index (χ0) is 13.0. The summed E-state index contributed by atoms with van der Waals surface area (Å²) in [5.74, 6) is 2.10. The maximum atomic E-state index is 10.0. The van der Waals surface area contributed by atoms with Gasteiger partial charge in [-0.1, -0.05) is 13.3 Å². The van der Waals surface area contributed by atoms with Crippen LogP contribution in [0.2, 0.25) is 0 Å². The number of rotatable bonds is 5. The van der Waals surface area contributed by atoms with E-state index < -0.39 is 0 Å². The molecule has 0 radical (unpaired) electrons. The van der Waals surface area contributed by atoms with E-state index in [9.17, 15) is 5.11 Å². The van der Waals surface area contributed by atoms with E-state index >= 15 is 0 Å². The molecule has 0 saturated heterocycles. The molecule has 1 heterocycles. The molecular formula is C14H17NO2S. The first-order valence-electron chi connectivity index (χ1n) is 6.06. The van der Waals surface area contributed by atoms with Crippen LogP contribution in [0.3, 0.4) is 0 Å². The molecule has 0 saturated carbocycles. The summed E-state index contributed by atoms with van der Waals surface area (Å²) in [5, 5.41) is 10.8. The molecule has 0 spiro atoms. The summed E-state index contributed by atoms with van der Waals surface area (Å²) in [6, 6.07) is 5.52. The molecule has 2 rings (SSSR count). The number of unbranched alkanes of at least 4 members (excludes halogenated alkanes) is 1. The standard InChI is InChI=1S/C14H17NO2S/c1-3-4-7-18-9-13(16)11-5-6-12-14(8-11)17-10(2)15-12/h5-6,8,16H,2-4,7,9H2,1H3. The summed E-state index contributed by atoms with van der Waals surface area (Å²) < 4.78 is 5.35. The topological polar surface area (TPSA) is 46.3 Å². The Labute approximate surface area is 110 Å². The lowest BCUT2D eigenvalue weighted by molar-refractivity contribution is 0.500. The fourth-order valence-electron chi connectivity index (χ4n) is 1.65. The van der Waals surface area contributed by atoms with Crippen molar-refractivity contribution < 1.29 is 9.52 Å². The van der Waals surface area contributed by atoms with E-state index in [2.05, 4.69) is 18.5 Å². The van der Waals surface area contributed by atoms with Crippen molar-refractivity contribution in [2.45, 2.75) is 19.8 Å². The third kappa shape index (κ3) is 3.07. The molecule has 0 fully saturated rings. The van der Waals surface area contributed by atoms with Crippen molar-refractivity contribution in [1.29, 1.82) is 0 Å². The minimum Gasteiger partial charge on any atom is -0.511 e. The van der Waals surface area contributed by atoms with Gasteiger partial charge in [-0.2, -0.15) is 11.8 Å². The summed E-state index contributed by atoms with van der Waals surface area (Å²) in [5.41, 5.74) is 1.84. The first kappa shape index (κ1) is 13.0. The van der Waals surface area contributed by atoms with Gasteiger partial charge in [0.2, 0.25) is 5.55 Å². The highest BCUT2D eigenvalue weighted by Crippen LogP contribution is 2.10. The average molecular weight is 263 g/mol. The van der Waals surface area contributed by atoms with Gasteiger partial charge in [-0.05, 0) is 37.0 Å². The SMILES string of the molecule is C=c1nc2ccc(=C(O)CSCCCC)cc2o1. The van der Waals surface area contributed by atoms with Crippen molar-refractivity contribution in [3.63, 3.8) is 0 Å². The molecule has 0 aliphatic heterocycles. The number of aliphatic hydroxyl groups excluding tert-OH is 1. The number of oxazole rings is 1. The van der Waals surface area contributed by atoms with Crippen LogP contribution < -0.4 is 10.8 Å². The lowest BCUT2D eigenvalue weighted by Crippen LogP contribution is -2.06. The lowest BCUT2D eigenvalue weighted by Gasteiger charge is -2.00. The van der Waals surface area contributed by atoms with Gasteiger partial charge < -0.3 is 9.52 Å². The van der Waals surface area contributed by atoms with E-state index in [0.29, 0.717) is 22.6 Å². The highest BCUT2D eigenvalue weighted by molar-refractivity contribution is 7.99. The second-order valence-corrected chi connectivity index (χ2v) is 5.25. The quantitative estimate of drug-likeness (QED) is 0.842. The van der Waals surface area contributed by atoms with Crippen LogP contribution in [-0.2, 0) is 0 Å². The second-order valence-electron chi connectivity index (χ2n) is 4.14. The largest absolute Gasteiger partial charge is 0.511 e. The Hall–Kier alpha value is -1.42. The van der Waals surface area contributed by atoms with Gasteiger partial charge in [-0.25, -0.2) is 4.98 Å². The Morgan fingerprint density at radius 3 is 3.11 bits per heavy atom. The molecule has 0 amide bonds. The van der Waals surface area contributed by atoms with Gasteiger partial charge in [0.05, 0.1) is 5.75 Å². The predicted molar refractivity (Wildman–Crippen MR) is 77.1 cm³/mol. The molecule has 2 aromatic rings. The summed E-state index contributed by atoms with van der Waals surface area (Å²) >= 11 is 1.75. The molecule has 3 nitrogen and oxygen atoms in total. The maximum Gasteiger partial charge on any atom is 0.212 e. The van der Waals surface area contributed by atoms with E-state index in [-0.39, 0.29) is 0 Å². The predicted octanol–water partition coefficient (Wildman–Crippen LogP) is 2.44. The molecular weight excluding hydrogens is 246 g/mol. The Balaban J connectivity index is 2.19. The van der Waals surface area contributed by atoms with E-state index in [1.54, 1.807) is 11.8 Å². The fraction of sp³-hybridized carbons (Fsp3) is 0.357. The monoisotopic (exact) mass is 263 g/mol. The second kappa shape index (κ2) is 5.96. The van der Waals surface area contributed by atoms with Gasteiger partial charge in [0.25, 0.3) is 0 Å². The smallest absolute Gasteiger partial charge is 0.212 e. The molecule has 0 bridgehead atoms. The van der Waals surface area contributed by atoms with Crippen LogP contribution in [0.15, 0.2) is 22.6 Å². The Morgan fingerprint density at radius 2 is 2.33 bits per heavy atom. The van der Waals surface area contributed by atoms with Gasteiger partial charge in [0.1, 0.15) is 11.3 Å². The van der Waals surface area contributed by atoms with Crippen LogP contribution in [-0.4, -0.2) is 21.6 Å². The van der Waals surface area contributed by atoms with Crippen LogP contribution in [0.25, 0.3) is 23.4 Å². The Morgan fingerprint density at radius 1 is 1.50 bits per heavy atom. The molecule has 1 N–H and O–H groups in total. The number of hydrogen-bond donors (Lipinski definition) is 1. The number of aliphatic hydroxyl groups is 1. The van der Waals surface area contributed by atoms with Gasteiger partial charge in [-0.15, -0.1) is 0 Å². The fourth-order valence-corrected chi connectivity index (χ4v) is 2.65. The van der Waals surface area contributed by atoms with Crippen molar-refractivity contribution in [3.8, 4) is 0 Å². The molecule has 1 aromatic carbocycles. The van der Waals surface area contributed by atoms with Crippen molar-refractivity contribution in [2.75, 3.05) is 11.5 Å². The minimum atomic E-state index is 0.389. The molecule has 1 aromatic heterocycles. The molecule has 0 unspecified atom stereocenters. The number of benzene rings is 1. The molecule has 96 valence electrons. The summed E-state index contributed by atoms with van der Waals surface area (Å²) in [7, 11) is 0. The number of thioether (sulfide) groups is 1. The number of fused-ring (bicyclic) bond motifs is 1. The third-order valence-electron chi connectivity index (χ3n) is 2.65. The summed E-state index contributed by atoms with van der Waals surface area (Å²) in [6.45, 7) is 5.82. The van der Waals surface area contributed by atoms with Crippen LogP contribution in [0.4, 0.5) is 0 Å². The van der Waals surface area contributed by atoms with E-state index in [1.165, 1.54) is 12.8 Å². The first-order chi connectivity index (χ1) is 8.70. The zero-order valence-electron chi connectivity index (χ0n) is 10.5. The summed E-state index contributed by atoms with van der Waals surface area (Å²) in [4.78, 5) is 4.13. The Bertz CT molecular complexity index is 633. The van der Waals surface area contributed by atoms with Gasteiger partial charge in [-0.3, -0.25) is 0 Å². The lowest BCUT2D eigenvalue weighted by atomic mass is 10.2. The normalized spacial score (nSPS) is 12.9. The van der Waals surface area contributed by atoms with E-state index in [1.807, 2.05) is 18.2 Å². The van der Waals surface area contributed by atoms with Gasteiger partial charge in [0, 0.05) is 5.22 Å². The highest BCUT2D eigenvalue weighted by atomic mass is 32.2. The van der Waals surface area contributed by atoms with Crippen molar-refractivity contribution in [3.05, 3.63) is 29.0 Å². The van der Waals surface area contributed by atoms with Crippen LogP contribution >= 0.6 is 11.8 Å². The van der Waals surface area contributed by atoms with Crippen molar-refractivity contribution in [1.82, 2.24) is 4.98 Å². The van der Waals surface area contributed by atoms with Crippen LogP contribution in [0, 0.1) is 0 Å². The number of aromatic nitrogens is 1. The average Bonchev–Trinajstić information content (AvgIpc) is 2.73. The highest BCUT2D eigenvalue weighted by Gasteiger charge is 2.01. The number of nitrogens with zero attached hydrogens (tertiary/aromatic N) is 1. The van der Waals surface area contributed by atoms with E-state index in [4.69, 9.17) is 4.42 Å². The first-order valence-corrected chi connectivity index (χ1v) is 7.21. The Kier molecular flexibility index (Phi) is 4.31. The maximum absolute atomic E-state index is 10.0. The molecule has 18 heavy (non-hydrogen) atoms. The molecule has 0 aliphatic rings. The minimum absolute atomic E-state index is 0.389. The molecule has 0 aliphatic carbocycles. The van der Waals surface area contributed by atoms with Gasteiger partial charge >= 0.3 is 0 Å². The van der Waals surface area contributed by atoms with Crippen LogP contribution in [0.5, 0.6) is 0 Å². The molecule has 0 atom stereocenters. The van der Waals surface area contributed by atoms with Crippen molar-refractivity contribution in [2.24, 2.45) is 0 Å². The van der Waals surface area contributed by atoms with Gasteiger partial charge in [0.15, 0.2) is 5.58 Å². The molecule has 4 heteroatoms.